The highest BCUT2D eigenvalue weighted by Gasteiger charge is 2.47. The van der Waals surface area contributed by atoms with Crippen LogP contribution in [0.4, 0.5) is 5.69 Å². The number of hydrogen-bond acceptors (Lipinski definition) is 3. The molecule has 1 aliphatic rings. The molecule has 36 heavy (non-hydrogen) atoms. The Morgan fingerprint density at radius 1 is 0.917 bits per heavy atom. The fourth-order valence-electron chi connectivity index (χ4n) is 4.97. The average molecular weight is 479 g/mol. The molecule has 2 heterocycles. The van der Waals surface area contributed by atoms with Crippen LogP contribution >= 0.6 is 0 Å². The number of carbonyl (C=O) groups excluding carboxylic acids is 2. The second-order valence-electron chi connectivity index (χ2n) is 9.28. The Kier molecular flexibility index (Phi) is 6.47. The topological polar surface area (TPSA) is 73.4 Å². The number of benzene rings is 3. The van der Waals surface area contributed by atoms with Crippen LogP contribution in [0.2, 0.25) is 0 Å². The molecule has 0 saturated carbocycles. The molecule has 5 rings (SSSR count). The molecule has 5 heteroatoms. The van der Waals surface area contributed by atoms with E-state index in [-0.39, 0.29) is 11.3 Å². The Bertz CT molecular complexity index is 1450. The van der Waals surface area contributed by atoms with E-state index in [0.717, 1.165) is 47.7 Å². The van der Waals surface area contributed by atoms with Crippen molar-refractivity contribution >= 4 is 34.0 Å². The molecule has 0 bridgehead atoms. The van der Waals surface area contributed by atoms with Crippen molar-refractivity contribution in [2.75, 3.05) is 4.90 Å². The maximum atomic E-state index is 13.5. The van der Waals surface area contributed by atoms with E-state index >= 15 is 0 Å². The van der Waals surface area contributed by atoms with Gasteiger partial charge in [-0.05, 0) is 54.2 Å². The lowest BCUT2D eigenvalue weighted by atomic mass is 9.94. The average Bonchev–Trinajstić information content (AvgIpc) is 3.46. The highest BCUT2D eigenvalue weighted by molar-refractivity contribution is 6.51. The third-order valence-corrected chi connectivity index (χ3v) is 7.03. The molecule has 182 valence electrons. The van der Waals surface area contributed by atoms with Gasteiger partial charge in [-0.3, -0.25) is 14.5 Å². The molecule has 0 radical (unpaired) electrons. The molecule has 1 amide bonds. The van der Waals surface area contributed by atoms with Gasteiger partial charge < -0.3 is 10.1 Å². The summed E-state index contributed by atoms with van der Waals surface area (Å²) in [6, 6.07) is 22.6. The number of para-hydroxylation sites is 1. The summed E-state index contributed by atoms with van der Waals surface area (Å²) in [7, 11) is 0. The Morgan fingerprint density at radius 2 is 1.61 bits per heavy atom. The minimum Gasteiger partial charge on any atom is -0.507 e. The molecule has 5 nitrogen and oxygen atoms in total. The lowest BCUT2D eigenvalue weighted by molar-refractivity contribution is -0.132. The molecule has 2 N–H and O–H groups in total. The fourth-order valence-corrected chi connectivity index (χ4v) is 4.97. The molecular weight excluding hydrogens is 448 g/mol. The van der Waals surface area contributed by atoms with Gasteiger partial charge in [0.05, 0.1) is 11.6 Å². The highest BCUT2D eigenvalue weighted by atomic mass is 16.3. The van der Waals surface area contributed by atoms with Crippen molar-refractivity contribution in [3.8, 4) is 0 Å². The third kappa shape index (κ3) is 4.11. The number of ketones is 1. The van der Waals surface area contributed by atoms with Crippen molar-refractivity contribution in [1.82, 2.24) is 4.98 Å². The van der Waals surface area contributed by atoms with Crippen LogP contribution in [0, 0.1) is 0 Å². The number of anilines is 1. The number of amides is 1. The molecule has 3 aromatic carbocycles. The first kappa shape index (κ1) is 23.6. The van der Waals surface area contributed by atoms with E-state index in [1.54, 1.807) is 6.20 Å². The third-order valence-electron chi connectivity index (χ3n) is 7.03. The summed E-state index contributed by atoms with van der Waals surface area (Å²) >= 11 is 0. The molecule has 4 aromatic rings. The van der Waals surface area contributed by atoms with E-state index in [2.05, 4.69) is 18.8 Å². The summed E-state index contributed by atoms with van der Waals surface area (Å²) in [5.74, 6) is -1.49. The van der Waals surface area contributed by atoms with Crippen molar-refractivity contribution in [3.63, 3.8) is 0 Å². The van der Waals surface area contributed by atoms with Crippen molar-refractivity contribution in [1.29, 1.82) is 0 Å². The van der Waals surface area contributed by atoms with Crippen molar-refractivity contribution in [2.45, 2.75) is 45.6 Å². The van der Waals surface area contributed by atoms with Gasteiger partial charge in [-0.15, -0.1) is 0 Å². The molecule has 1 saturated heterocycles. The summed E-state index contributed by atoms with van der Waals surface area (Å²) in [5, 5.41) is 12.3. The number of aliphatic hydroxyl groups excluding tert-OH is 1. The van der Waals surface area contributed by atoms with Gasteiger partial charge in [-0.2, -0.15) is 0 Å². The number of carbonyl (C=O) groups is 2. The van der Waals surface area contributed by atoms with Crippen molar-refractivity contribution < 1.29 is 14.7 Å². The smallest absolute Gasteiger partial charge is 0.300 e. The lowest BCUT2D eigenvalue weighted by Crippen LogP contribution is -2.29. The van der Waals surface area contributed by atoms with Gasteiger partial charge in [-0.1, -0.05) is 74.9 Å². The SMILES string of the molecule is CCCCc1ccc(N2C(=O)C(=O)/C(=C(\O)c3c[nH]c4ccccc34)C2c2ccc(CC)cc2)cc1. The van der Waals surface area contributed by atoms with Gasteiger partial charge in [-0.25, -0.2) is 0 Å². The predicted molar refractivity (Wildman–Crippen MR) is 144 cm³/mol. The fraction of sp³-hybridized carbons (Fsp3) is 0.226. The van der Waals surface area contributed by atoms with Crippen LogP contribution in [0.25, 0.3) is 16.7 Å². The van der Waals surface area contributed by atoms with Gasteiger partial charge in [0.15, 0.2) is 0 Å². The van der Waals surface area contributed by atoms with Gasteiger partial charge in [0.1, 0.15) is 5.76 Å². The van der Waals surface area contributed by atoms with Crippen LogP contribution in [0.15, 0.2) is 84.6 Å². The molecular formula is C31H30N2O3. The van der Waals surface area contributed by atoms with E-state index in [0.29, 0.717) is 11.3 Å². The molecule has 1 atom stereocenters. The number of aromatic nitrogens is 1. The first-order valence-corrected chi connectivity index (χ1v) is 12.6. The number of fused-ring (bicyclic) bond motifs is 1. The summed E-state index contributed by atoms with van der Waals surface area (Å²) < 4.78 is 0. The van der Waals surface area contributed by atoms with Gasteiger partial charge in [0, 0.05) is 28.4 Å². The maximum absolute atomic E-state index is 13.5. The monoisotopic (exact) mass is 478 g/mol. The zero-order valence-corrected chi connectivity index (χ0v) is 20.6. The van der Waals surface area contributed by atoms with Crippen LogP contribution in [-0.4, -0.2) is 21.8 Å². The number of unbranched alkanes of at least 4 members (excludes halogenated alkanes) is 1. The number of hydrogen-bond donors (Lipinski definition) is 2. The minimum atomic E-state index is -0.730. The molecule has 1 aromatic heterocycles. The molecule has 1 fully saturated rings. The van der Waals surface area contributed by atoms with Gasteiger partial charge >= 0.3 is 0 Å². The normalized spacial score (nSPS) is 17.3. The largest absolute Gasteiger partial charge is 0.507 e. The quantitative estimate of drug-likeness (QED) is 0.176. The van der Waals surface area contributed by atoms with E-state index in [1.165, 1.54) is 10.5 Å². The Hall–Kier alpha value is -4.12. The van der Waals surface area contributed by atoms with Crippen LogP contribution in [0.5, 0.6) is 0 Å². The van der Waals surface area contributed by atoms with Crippen molar-refractivity contribution in [2.24, 2.45) is 0 Å². The van der Waals surface area contributed by atoms with Crippen LogP contribution in [0.1, 0.15) is 55.0 Å². The Balaban J connectivity index is 1.66. The number of rotatable bonds is 7. The van der Waals surface area contributed by atoms with E-state index in [4.69, 9.17) is 0 Å². The standard InChI is InChI=1S/C31H30N2O3/c1-3-5-8-21-13-17-23(18-14-21)33-28(22-15-11-20(4-2)12-16-22)27(30(35)31(33)36)29(34)25-19-32-26-10-7-6-9-24(25)26/h6-7,9-19,28,32,34H,3-5,8H2,1-2H3/b29-27-. The second kappa shape index (κ2) is 9.86. The van der Waals surface area contributed by atoms with Crippen molar-refractivity contribution in [3.05, 3.63) is 107 Å². The molecule has 0 aliphatic carbocycles. The summed E-state index contributed by atoms with van der Waals surface area (Å²) in [4.78, 5) is 31.6. The summed E-state index contributed by atoms with van der Waals surface area (Å²) in [6.45, 7) is 4.24. The Morgan fingerprint density at radius 3 is 2.31 bits per heavy atom. The number of Topliss-reactive ketones (excluding diaryl/α,β-unsaturated/α-hetero) is 1. The van der Waals surface area contributed by atoms with Crippen LogP contribution in [-0.2, 0) is 22.4 Å². The lowest BCUT2D eigenvalue weighted by Gasteiger charge is -2.26. The first-order valence-electron chi connectivity index (χ1n) is 12.6. The first-order chi connectivity index (χ1) is 17.5. The Labute approximate surface area is 211 Å². The van der Waals surface area contributed by atoms with Crippen LogP contribution in [0.3, 0.4) is 0 Å². The number of nitrogens with zero attached hydrogens (tertiary/aromatic N) is 1. The minimum absolute atomic E-state index is 0.101. The maximum Gasteiger partial charge on any atom is 0.300 e. The van der Waals surface area contributed by atoms with E-state index in [9.17, 15) is 14.7 Å². The number of H-pyrrole nitrogens is 1. The second-order valence-corrected chi connectivity index (χ2v) is 9.28. The van der Waals surface area contributed by atoms with Gasteiger partial charge in [0.2, 0.25) is 0 Å². The van der Waals surface area contributed by atoms with E-state index in [1.807, 2.05) is 72.8 Å². The summed E-state index contributed by atoms with van der Waals surface area (Å²) in [6.07, 6.45) is 5.75. The van der Waals surface area contributed by atoms with E-state index < -0.39 is 17.7 Å². The zero-order valence-electron chi connectivity index (χ0n) is 20.6. The predicted octanol–water partition coefficient (Wildman–Crippen LogP) is 6.70. The molecule has 0 spiro atoms. The molecule has 1 unspecified atom stereocenters. The van der Waals surface area contributed by atoms with Gasteiger partial charge in [0.25, 0.3) is 11.7 Å². The number of nitrogens with one attached hydrogen (secondary N) is 1. The highest BCUT2D eigenvalue weighted by Crippen LogP contribution is 2.43. The zero-order chi connectivity index (χ0) is 25.2. The number of aryl methyl sites for hydroxylation is 2. The number of aromatic amines is 1. The van der Waals surface area contributed by atoms with Crippen LogP contribution < -0.4 is 4.90 Å². The number of aliphatic hydroxyl groups is 1. The summed E-state index contributed by atoms with van der Waals surface area (Å²) in [5.41, 5.74) is 5.23. The molecule has 1 aliphatic heterocycles.